The maximum atomic E-state index is 10.4. The molecule has 1 aliphatic carbocycles. The van der Waals surface area contributed by atoms with Gasteiger partial charge in [-0.25, -0.2) is 0 Å². The molecule has 2 aromatic rings. The van der Waals surface area contributed by atoms with Gasteiger partial charge in [0.2, 0.25) is 0 Å². The van der Waals surface area contributed by atoms with Crippen molar-refractivity contribution in [3.63, 3.8) is 0 Å². The van der Waals surface area contributed by atoms with Gasteiger partial charge in [0.15, 0.2) is 0 Å². The summed E-state index contributed by atoms with van der Waals surface area (Å²) in [4.78, 5) is 1.48. The summed E-state index contributed by atoms with van der Waals surface area (Å²) < 4.78 is 0. The van der Waals surface area contributed by atoms with Crippen molar-refractivity contribution in [3.8, 4) is 0 Å². The van der Waals surface area contributed by atoms with E-state index in [1.54, 1.807) is 0 Å². The minimum absolute atomic E-state index is 0.347. The fourth-order valence-electron chi connectivity index (χ4n) is 4.10. The summed E-state index contributed by atoms with van der Waals surface area (Å²) in [5.41, 5.74) is 3.61. The third-order valence-electron chi connectivity index (χ3n) is 5.66. The molecule has 1 N–H and O–H groups in total. The van der Waals surface area contributed by atoms with Crippen LogP contribution in [-0.2, 0) is 6.42 Å². The molecule has 2 atom stereocenters. The van der Waals surface area contributed by atoms with Crippen LogP contribution in [0.4, 0.5) is 0 Å². The Balaban J connectivity index is 1.60. The second-order valence-electron chi connectivity index (χ2n) is 7.66. The van der Waals surface area contributed by atoms with Gasteiger partial charge < -0.3 is 5.11 Å². The summed E-state index contributed by atoms with van der Waals surface area (Å²) in [6.45, 7) is 2.19. The Kier molecular flexibility index (Phi) is 7.99. The minimum atomic E-state index is -0.347. The molecule has 0 radical (unpaired) electrons. The molecule has 0 spiro atoms. The second-order valence-corrected chi connectivity index (χ2v) is 9.15. The van der Waals surface area contributed by atoms with Gasteiger partial charge >= 0.3 is 0 Å². The highest BCUT2D eigenvalue weighted by atomic mass is 35.5. The molecule has 1 aromatic carbocycles. The normalized spacial score (nSPS) is 18.3. The third kappa shape index (κ3) is 5.70. The van der Waals surface area contributed by atoms with Crippen molar-refractivity contribution in [1.82, 2.24) is 0 Å². The summed E-state index contributed by atoms with van der Waals surface area (Å²) in [5.74, 6) is 0.567. The number of aryl methyl sites for hydroxylation is 1. The first-order valence-corrected chi connectivity index (χ1v) is 11.6. The van der Waals surface area contributed by atoms with Gasteiger partial charge in [0.1, 0.15) is 0 Å². The lowest BCUT2D eigenvalue weighted by Crippen LogP contribution is -2.02. The zero-order valence-electron chi connectivity index (χ0n) is 16.3. The number of halogens is 1. The minimum Gasteiger partial charge on any atom is -0.388 e. The summed E-state index contributed by atoms with van der Waals surface area (Å²) >= 11 is 8.46. The first kappa shape index (κ1) is 20.6. The maximum absolute atomic E-state index is 10.4. The number of thiophene rings is 1. The van der Waals surface area contributed by atoms with Crippen molar-refractivity contribution in [1.29, 1.82) is 0 Å². The van der Waals surface area contributed by atoms with Crippen LogP contribution in [0, 0.1) is 5.92 Å². The number of hydrogen-bond donors (Lipinski definition) is 1. The van der Waals surface area contributed by atoms with E-state index in [4.69, 9.17) is 11.6 Å². The van der Waals surface area contributed by atoms with Gasteiger partial charge in [0.05, 0.1) is 6.10 Å². The van der Waals surface area contributed by atoms with E-state index in [1.165, 1.54) is 54.5 Å². The van der Waals surface area contributed by atoms with Crippen molar-refractivity contribution in [3.05, 3.63) is 62.8 Å². The van der Waals surface area contributed by atoms with Crippen LogP contribution in [-0.4, -0.2) is 5.11 Å². The first-order chi connectivity index (χ1) is 13.2. The van der Waals surface area contributed by atoms with Crippen LogP contribution in [0.5, 0.6) is 0 Å². The highest BCUT2D eigenvalue weighted by molar-refractivity contribution is 7.09. The highest BCUT2D eigenvalue weighted by Gasteiger charge is 2.25. The molecular weight excluding hydrogens is 372 g/mol. The first-order valence-electron chi connectivity index (χ1n) is 10.4. The zero-order valence-corrected chi connectivity index (χ0v) is 17.9. The van der Waals surface area contributed by atoms with Crippen LogP contribution >= 0.6 is 22.9 Å². The van der Waals surface area contributed by atoms with Gasteiger partial charge in [-0.2, -0.15) is 0 Å². The largest absolute Gasteiger partial charge is 0.388 e. The number of allylic oxidation sites excluding steroid dienone is 2. The Morgan fingerprint density at radius 2 is 1.96 bits per heavy atom. The van der Waals surface area contributed by atoms with Crippen LogP contribution in [0.2, 0.25) is 0 Å². The summed E-state index contributed by atoms with van der Waals surface area (Å²) in [6.07, 6.45) is 9.71. The number of unbranched alkanes of at least 4 members (excludes halogenated alkanes) is 2. The van der Waals surface area contributed by atoms with Gasteiger partial charge in [0, 0.05) is 9.91 Å². The van der Waals surface area contributed by atoms with Gasteiger partial charge in [-0.05, 0) is 72.6 Å². The van der Waals surface area contributed by atoms with Crippen LogP contribution < -0.4 is 0 Å². The predicted molar refractivity (Wildman–Crippen MR) is 118 cm³/mol. The summed E-state index contributed by atoms with van der Waals surface area (Å²) in [5, 5.41) is 13.6. The van der Waals surface area contributed by atoms with Gasteiger partial charge in [0.25, 0.3) is 0 Å². The highest BCUT2D eigenvalue weighted by Crippen LogP contribution is 2.43. The molecule has 0 bridgehead atoms. The number of aliphatic hydroxyl groups is 1. The van der Waals surface area contributed by atoms with E-state index in [2.05, 4.69) is 48.7 Å². The molecule has 0 aliphatic heterocycles. The van der Waals surface area contributed by atoms with Crippen LogP contribution in [0.3, 0.4) is 0 Å². The van der Waals surface area contributed by atoms with Gasteiger partial charge in [-0.15, -0.1) is 11.3 Å². The topological polar surface area (TPSA) is 20.2 Å². The monoisotopic (exact) mass is 402 g/mol. The fraction of sp³-hybridized carbons (Fsp3) is 0.500. The molecule has 0 amide bonds. The number of rotatable bonds is 10. The third-order valence-corrected chi connectivity index (χ3v) is 6.98. The Labute approximate surface area is 173 Å². The molecule has 27 heavy (non-hydrogen) atoms. The van der Waals surface area contributed by atoms with E-state index >= 15 is 0 Å². The standard InChI is InChI=1S/C24H31ClOS/c1-2-3-4-10-23(26)18-11-13-20(14-12-18)24-19(15-16-22(24)25)7-5-8-21-9-6-17-27-21/h6,9,11-14,17,19,23,26H,2-5,7-8,10,15-16H2,1H3/t19-,23?/m0/s1. The molecule has 1 nitrogen and oxygen atoms in total. The van der Waals surface area contributed by atoms with Crippen molar-refractivity contribution in [2.24, 2.45) is 5.92 Å². The SMILES string of the molecule is CCCCCC(O)c1ccc(C2=C(Cl)CC[C@@H]2CCCc2cccs2)cc1. The molecule has 146 valence electrons. The Morgan fingerprint density at radius 1 is 1.15 bits per heavy atom. The fourth-order valence-corrected chi connectivity index (χ4v) is 5.22. The van der Waals surface area contributed by atoms with Crippen molar-refractivity contribution in [2.45, 2.75) is 70.8 Å². The van der Waals surface area contributed by atoms with E-state index < -0.39 is 0 Å². The Hall–Kier alpha value is -1.09. The van der Waals surface area contributed by atoms with Gasteiger partial charge in [-0.3, -0.25) is 0 Å². The van der Waals surface area contributed by atoms with E-state index in [1.807, 2.05) is 11.3 Å². The average molecular weight is 403 g/mol. The molecule has 1 aromatic heterocycles. The molecule has 1 aliphatic rings. The van der Waals surface area contributed by atoms with Crippen molar-refractivity contribution in [2.75, 3.05) is 0 Å². The molecule has 1 unspecified atom stereocenters. The van der Waals surface area contributed by atoms with E-state index in [0.717, 1.165) is 29.9 Å². The molecule has 3 heteroatoms. The van der Waals surface area contributed by atoms with E-state index in [-0.39, 0.29) is 6.10 Å². The summed E-state index contributed by atoms with van der Waals surface area (Å²) in [7, 11) is 0. The lowest BCUT2D eigenvalue weighted by molar-refractivity contribution is 0.163. The molecule has 1 heterocycles. The molecule has 3 rings (SSSR count). The van der Waals surface area contributed by atoms with Crippen molar-refractivity contribution < 1.29 is 5.11 Å². The molecular formula is C24H31ClOS. The second kappa shape index (κ2) is 10.5. The number of hydrogen-bond acceptors (Lipinski definition) is 2. The number of benzene rings is 1. The lowest BCUT2D eigenvalue weighted by atomic mass is 9.89. The molecule has 0 saturated carbocycles. The van der Waals surface area contributed by atoms with E-state index in [0.29, 0.717) is 5.92 Å². The Bertz CT molecular complexity index is 717. The average Bonchev–Trinajstić information content (AvgIpc) is 3.32. The van der Waals surface area contributed by atoms with Crippen LogP contribution in [0.15, 0.2) is 46.8 Å². The van der Waals surface area contributed by atoms with Gasteiger partial charge in [-0.1, -0.05) is 68.1 Å². The maximum Gasteiger partial charge on any atom is 0.0790 e. The molecule has 0 fully saturated rings. The smallest absolute Gasteiger partial charge is 0.0790 e. The lowest BCUT2D eigenvalue weighted by Gasteiger charge is -2.17. The number of aliphatic hydroxyl groups excluding tert-OH is 1. The molecule has 0 saturated heterocycles. The van der Waals surface area contributed by atoms with Crippen LogP contribution in [0.25, 0.3) is 5.57 Å². The Morgan fingerprint density at radius 3 is 2.67 bits per heavy atom. The van der Waals surface area contributed by atoms with Crippen LogP contribution in [0.1, 0.15) is 80.4 Å². The quantitative estimate of drug-likeness (QED) is 0.403. The zero-order chi connectivity index (χ0) is 19.1. The predicted octanol–water partition coefficient (Wildman–Crippen LogP) is 7.74. The van der Waals surface area contributed by atoms with Crippen molar-refractivity contribution >= 4 is 28.5 Å². The van der Waals surface area contributed by atoms with E-state index in [9.17, 15) is 5.11 Å². The summed E-state index contributed by atoms with van der Waals surface area (Å²) in [6, 6.07) is 12.9.